The van der Waals surface area contributed by atoms with Gasteiger partial charge in [0.15, 0.2) is 0 Å². The highest BCUT2D eigenvalue weighted by Crippen LogP contribution is 2.13. The number of hydrogen-bond acceptors (Lipinski definition) is 2. The first-order valence-corrected chi connectivity index (χ1v) is 4.16. The van der Waals surface area contributed by atoms with E-state index in [1.54, 1.807) is 6.92 Å². The van der Waals surface area contributed by atoms with E-state index in [4.69, 9.17) is 0 Å². The molecule has 0 N–H and O–H groups in total. The number of hydrogen-bond donors (Lipinski definition) is 0. The Morgan fingerprint density at radius 3 is 2.27 bits per heavy atom. The smallest absolute Gasteiger partial charge is 0.123 e. The summed E-state index contributed by atoms with van der Waals surface area (Å²) in [6.07, 6.45) is 4.71. The average molecular weight is 156 g/mol. The van der Waals surface area contributed by atoms with E-state index in [0.29, 0.717) is 0 Å². The Bertz CT molecular complexity index is 121. The molecule has 0 spiro atoms. The van der Waals surface area contributed by atoms with Crippen LogP contribution in [0.2, 0.25) is 0 Å². The first-order valence-electron chi connectivity index (χ1n) is 4.16. The summed E-state index contributed by atoms with van der Waals surface area (Å²) >= 11 is 0. The van der Waals surface area contributed by atoms with Crippen molar-refractivity contribution in [2.45, 2.75) is 33.1 Å². The van der Waals surface area contributed by atoms with E-state index < -0.39 is 0 Å². The van der Waals surface area contributed by atoms with Gasteiger partial charge in [-0.1, -0.05) is 26.7 Å². The van der Waals surface area contributed by atoms with Crippen LogP contribution in [0.5, 0.6) is 0 Å². The van der Waals surface area contributed by atoms with E-state index >= 15 is 0 Å². The van der Waals surface area contributed by atoms with Crippen LogP contribution in [-0.4, -0.2) is 12.6 Å². The highest BCUT2D eigenvalue weighted by atomic mass is 16.1. The zero-order chi connectivity index (χ0) is 8.69. The number of carbonyl (C=O) groups is 2. The second-order valence-electron chi connectivity index (χ2n) is 2.94. The second-order valence-corrected chi connectivity index (χ2v) is 2.94. The van der Waals surface area contributed by atoms with Crippen LogP contribution >= 0.6 is 0 Å². The maximum absolute atomic E-state index is 10.5. The predicted octanol–water partition coefficient (Wildman–Crippen LogP) is 1.83. The fourth-order valence-corrected chi connectivity index (χ4v) is 0.996. The van der Waals surface area contributed by atoms with Gasteiger partial charge in [-0.25, -0.2) is 0 Å². The van der Waals surface area contributed by atoms with Gasteiger partial charge < -0.3 is 9.59 Å². The molecule has 0 radical (unpaired) electrons. The maximum Gasteiger partial charge on any atom is 0.123 e. The Morgan fingerprint density at radius 1 is 1.27 bits per heavy atom. The van der Waals surface area contributed by atoms with Crippen molar-refractivity contribution in [3.8, 4) is 0 Å². The summed E-state index contributed by atoms with van der Waals surface area (Å²) in [7, 11) is 0. The summed E-state index contributed by atoms with van der Waals surface area (Å²) in [5, 5.41) is 0. The Morgan fingerprint density at radius 2 is 1.91 bits per heavy atom. The van der Waals surface area contributed by atoms with Crippen molar-refractivity contribution < 1.29 is 9.59 Å². The lowest BCUT2D eigenvalue weighted by Gasteiger charge is -2.11. The number of aldehydes is 2. The zero-order valence-electron chi connectivity index (χ0n) is 7.25. The molecule has 2 nitrogen and oxygen atoms in total. The molecule has 0 amide bonds. The summed E-state index contributed by atoms with van der Waals surface area (Å²) in [5.41, 5.74) is 0. The first-order chi connectivity index (χ1) is 5.26. The van der Waals surface area contributed by atoms with Crippen LogP contribution in [0, 0.1) is 11.8 Å². The Balaban J connectivity index is 3.73. The van der Waals surface area contributed by atoms with Gasteiger partial charge in [0, 0.05) is 11.8 Å². The molecule has 0 aromatic heterocycles. The van der Waals surface area contributed by atoms with E-state index in [-0.39, 0.29) is 11.8 Å². The zero-order valence-corrected chi connectivity index (χ0v) is 7.25. The van der Waals surface area contributed by atoms with Crippen LogP contribution in [0.3, 0.4) is 0 Å². The van der Waals surface area contributed by atoms with E-state index in [1.807, 2.05) is 0 Å². The normalized spacial score (nSPS) is 15.5. The Labute approximate surface area is 68.0 Å². The highest BCUT2D eigenvalue weighted by molar-refractivity contribution is 5.64. The van der Waals surface area contributed by atoms with Crippen molar-refractivity contribution >= 4 is 12.6 Å². The molecule has 1 unspecified atom stereocenters. The van der Waals surface area contributed by atoms with Gasteiger partial charge in [0.2, 0.25) is 0 Å². The average Bonchev–Trinajstić information content (AvgIpc) is 2.05. The van der Waals surface area contributed by atoms with Gasteiger partial charge in [-0.2, -0.15) is 0 Å². The fraction of sp³-hybridized carbons (Fsp3) is 0.778. The summed E-state index contributed by atoms with van der Waals surface area (Å²) in [4.78, 5) is 20.8. The quantitative estimate of drug-likeness (QED) is 0.550. The minimum atomic E-state index is -0.112. The standard InChI is InChI=1S/C9H16O2/c1-3-4-5-9(7-11)8(2)6-10/h6-9H,3-5H2,1-2H3/t8?,9-/m1/s1. The van der Waals surface area contributed by atoms with Gasteiger partial charge in [0.25, 0.3) is 0 Å². The second kappa shape index (κ2) is 6.08. The van der Waals surface area contributed by atoms with Crippen molar-refractivity contribution in [3.05, 3.63) is 0 Å². The molecule has 11 heavy (non-hydrogen) atoms. The Hall–Kier alpha value is -0.660. The van der Waals surface area contributed by atoms with Crippen LogP contribution in [0.25, 0.3) is 0 Å². The summed E-state index contributed by atoms with van der Waals surface area (Å²) in [5.74, 6) is -0.175. The third kappa shape index (κ3) is 3.91. The Kier molecular flexibility index (Phi) is 5.71. The molecule has 0 aromatic rings. The number of rotatable bonds is 6. The topological polar surface area (TPSA) is 34.1 Å². The summed E-state index contributed by atoms with van der Waals surface area (Å²) in [6, 6.07) is 0. The van der Waals surface area contributed by atoms with E-state index in [1.165, 1.54) is 0 Å². The summed E-state index contributed by atoms with van der Waals surface area (Å²) < 4.78 is 0. The molecule has 0 rings (SSSR count). The third-order valence-electron chi connectivity index (χ3n) is 1.96. The number of carbonyl (C=O) groups excluding carboxylic acids is 2. The largest absolute Gasteiger partial charge is 0.303 e. The van der Waals surface area contributed by atoms with Crippen molar-refractivity contribution in [3.63, 3.8) is 0 Å². The number of unbranched alkanes of at least 4 members (excludes halogenated alkanes) is 1. The molecule has 0 fully saturated rings. The molecule has 2 atom stereocenters. The lowest BCUT2D eigenvalue weighted by molar-refractivity contribution is -0.119. The first kappa shape index (κ1) is 10.3. The van der Waals surface area contributed by atoms with Crippen molar-refractivity contribution in [1.29, 1.82) is 0 Å². The molecule has 0 bridgehead atoms. The van der Waals surface area contributed by atoms with Crippen LogP contribution in [0.4, 0.5) is 0 Å². The van der Waals surface area contributed by atoms with Crippen molar-refractivity contribution in [2.24, 2.45) is 11.8 Å². The van der Waals surface area contributed by atoms with Crippen LogP contribution in [-0.2, 0) is 9.59 Å². The molecule has 0 aliphatic rings. The summed E-state index contributed by atoms with van der Waals surface area (Å²) in [6.45, 7) is 3.87. The van der Waals surface area contributed by atoms with Gasteiger partial charge in [0.05, 0.1) is 0 Å². The highest BCUT2D eigenvalue weighted by Gasteiger charge is 2.14. The van der Waals surface area contributed by atoms with E-state index in [2.05, 4.69) is 6.92 Å². The molecule has 0 aliphatic heterocycles. The third-order valence-corrected chi connectivity index (χ3v) is 1.96. The molecule has 0 saturated heterocycles. The van der Waals surface area contributed by atoms with Gasteiger partial charge in [-0.05, 0) is 6.42 Å². The van der Waals surface area contributed by atoms with E-state index in [9.17, 15) is 9.59 Å². The lowest BCUT2D eigenvalue weighted by Crippen LogP contribution is -2.14. The van der Waals surface area contributed by atoms with Gasteiger partial charge >= 0.3 is 0 Å². The molecule has 2 heteroatoms. The molecule has 0 saturated carbocycles. The van der Waals surface area contributed by atoms with Crippen molar-refractivity contribution in [2.75, 3.05) is 0 Å². The van der Waals surface area contributed by atoms with Gasteiger partial charge in [-0.3, -0.25) is 0 Å². The minimum absolute atomic E-state index is 0.0625. The van der Waals surface area contributed by atoms with Gasteiger partial charge in [0.1, 0.15) is 12.6 Å². The van der Waals surface area contributed by atoms with Crippen molar-refractivity contribution in [1.82, 2.24) is 0 Å². The molecular weight excluding hydrogens is 140 g/mol. The molecule has 64 valence electrons. The van der Waals surface area contributed by atoms with Crippen LogP contribution in [0.15, 0.2) is 0 Å². The maximum atomic E-state index is 10.5. The molecule has 0 heterocycles. The molecule has 0 aromatic carbocycles. The fourth-order valence-electron chi connectivity index (χ4n) is 0.996. The van der Waals surface area contributed by atoms with Crippen LogP contribution < -0.4 is 0 Å². The predicted molar refractivity (Wildman–Crippen MR) is 44.3 cm³/mol. The van der Waals surface area contributed by atoms with Gasteiger partial charge in [-0.15, -0.1) is 0 Å². The lowest BCUT2D eigenvalue weighted by atomic mass is 9.92. The minimum Gasteiger partial charge on any atom is -0.303 e. The monoisotopic (exact) mass is 156 g/mol. The molecular formula is C9H16O2. The SMILES string of the molecule is CCCC[C@H](C=O)C(C)C=O. The van der Waals surface area contributed by atoms with Crippen LogP contribution in [0.1, 0.15) is 33.1 Å². The molecule has 0 aliphatic carbocycles. The van der Waals surface area contributed by atoms with E-state index in [0.717, 1.165) is 31.8 Å².